The number of para-hydroxylation sites is 2. The number of nitrogens with two attached hydrogens (primary N) is 1. The van der Waals surface area contributed by atoms with Gasteiger partial charge in [0.05, 0.1) is 7.11 Å². The van der Waals surface area contributed by atoms with E-state index in [1.54, 1.807) is 25.3 Å². The van der Waals surface area contributed by atoms with Crippen molar-refractivity contribution in [2.45, 2.75) is 0 Å². The van der Waals surface area contributed by atoms with Crippen molar-refractivity contribution in [1.29, 1.82) is 5.41 Å². The zero-order valence-corrected chi connectivity index (χ0v) is 11.9. The number of halogens is 1. The van der Waals surface area contributed by atoms with Crippen molar-refractivity contribution in [3.8, 4) is 17.2 Å². The molecule has 4 nitrogen and oxygen atoms in total. The van der Waals surface area contributed by atoms with Crippen LogP contribution in [-0.2, 0) is 0 Å². The predicted molar refractivity (Wildman–Crippen MR) is 78.2 cm³/mol. The molecule has 0 spiro atoms. The molecule has 0 radical (unpaired) electrons. The van der Waals surface area contributed by atoms with Crippen LogP contribution >= 0.6 is 15.9 Å². The van der Waals surface area contributed by atoms with Gasteiger partial charge in [0.15, 0.2) is 11.5 Å². The maximum Gasteiger partial charge on any atom is 0.169 e. The lowest BCUT2D eigenvalue weighted by Gasteiger charge is -2.11. The Morgan fingerprint density at radius 3 is 2.42 bits per heavy atom. The van der Waals surface area contributed by atoms with Gasteiger partial charge in [0, 0.05) is 10.0 Å². The summed E-state index contributed by atoms with van der Waals surface area (Å²) in [4.78, 5) is 0. The average Bonchev–Trinajstić information content (AvgIpc) is 2.39. The summed E-state index contributed by atoms with van der Waals surface area (Å²) in [6.45, 7) is 0. The molecule has 0 aliphatic carbocycles. The molecule has 2 rings (SSSR count). The lowest BCUT2D eigenvalue weighted by molar-refractivity contribution is 0.379. The number of hydrogen-bond acceptors (Lipinski definition) is 3. The third-order valence-electron chi connectivity index (χ3n) is 2.53. The highest BCUT2D eigenvalue weighted by Crippen LogP contribution is 2.32. The zero-order chi connectivity index (χ0) is 13.8. The molecule has 98 valence electrons. The van der Waals surface area contributed by atoms with Crippen molar-refractivity contribution in [3.05, 3.63) is 52.5 Å². The summed E-state index contributed by atoms with van der Waals surface area (Å²) in [5, 5.41) is 7.42. The number of nitrogen functional groups attached to an aromatic ring is 1. The Morgan fingerprint density at radius 1 is 1.16 bits per heavy atom. The molecule has 0 atom stereocenters. The second-order valence-electron chi connectivity index (χ2n) is 3.81. The van der Waals surface area contributed by atoms with Gasteiger partial charge in [0.2, 0.25) is 0 Å². The van der Waals surface area contributed by atoms with Gasteiger partial charge < -0.3 is 15.2 Å². The van der Waals surface area contributed by atoms with E-state index in [1.807, 2.05) is 24.3 Å². The molecule has 5 heteroatoms. The van der Waals surface area contributed by atoms with Crippen LogP contribution in [-0.4, -0.2) is 12.9 Å². The number of amidine groups is 1. The lowest BCUT2D eigenvalue weighted by atomic mass is 10.2. The van der Waals surface area contributed by atoms with Crippen molar-refractivity contribution in [2.75, 3.05) is 7.11 Å². The number of hydrogen-bond donors (Lipinski definition) is 2. The molecule has 0 amide bonds. The largest absolute Gasteiger partial charge is 0.493 e. The first-order valence-corrected chi connectivity index (χ1v) is 6.36. The average molecular weight is 321 g/mol. The summed E-state index contributed by atoms with van der Waals surface area (Å²) >= 11 is 3.36. The maximum absolute atomic E-state index is 7.42. The van der Waals surface area contributed by atoms with Gasteiger partial charge in [-0.2, -0.15) is 0 Å². The van der Waals surface area contributed by atoms with Crippen LogP contribution in [0.3, 0.4) is 0 Å². The molecule has 0 bridgehead atoms. The Morgan fingerprint density at radius 2 is 1.84 bits per heavy atom. The van der Waals surface area contributed by atoms with E-state index in [0.717, 1.165) is 0 Å². The summed E-state index contributed by atoms with van der Waals surface area (Å²) in [6, 6.07) is 12.7. The molecule has 0 saturated heterocycles. The van der Waals surface area contributed by atoms with Crippen LogP contribution in [0.15, 0.2) is 46.9 Å². The standard InChI is InChI=1S/C14H13BrN2O2/c1-18-12-4-2-3-5-13(12)19-9-6-7-10(14(16)17)11(15)8-9/h2-8H,1H3,(H3,16,17). The molecule has 3 N–H and O–H groups in total. The Kier molecular flexibility index (Phi) is 4.06. The Labute approximate surface area is 119 Å². The Hall–Kier alpha value is -2.01. The van der Waals surface area contributed by atoms with E-state index >= 15 is 0 Å². The number of nitrogens with one attached hydrogen (secondary N) is 1. The molecule has 2 aromatic rings. The van der Waals surface area contributed by atoms with Crippen molar-refractivity contribution in [3.63, 3.8) is 0 Å². The summed E-state index contributed by atoms with van der Waals surface area (Å²) < 4.78 is 11.7. The van der Waals surface area contributed by atoms with Crippen LogP contribution < -0.4 is 15.2 Å². The SMILES string of the molecule is COc1ccccc1Oc1ccc(C(=N)N)c(Br)c1. The van der Waals surface area contributed by atoms with E-state index in [1.165, 1.54) is 0 Å². The summed E-state index contributed by atoms with van der Waals surface area (Å²) in [6.07, 6.45) is 0. The maximum atomic E-state index is 7.42. The van der Waals surface area contributed by atoms with Crippen LogP contribution in [0.5, 0.6) is 17.2 Å². The number of benzene rings is 2. The van der Waals surface area contributed by atoms with Crippen molar-refractivity contribution in [1.82, 2.24) is 0 Å². The van der Waals surface area contributed by atoms with Crippen LogP contribution in [0.4, 0.5) is 0 Å². The summed E-state index contributed by atoms with van der Waals surface area (Å²) in [5.74, 6) is 1.94. The van der Waals surface area contributed by atoms with E-state index in [-0.39, 0.29) is 5.84 Å². The van der Waals surface area contributed by atoms with Gasteiger partial charge in [0.25, 0.3) is 0 Å². The highest BCUT2D eigenvalue weighted by atomic mass is 79.9. The molecular weight excluding hydrogens is 308 g/mol. The van der Waals surface area contributed by atoms with Crippen molar-refractivity contribution < 1.29 is 9.47 Å². The first-order chi connectivity index (χ1) is 9.11. The number of methoxy groups -OCH3 is 1. The third kappa shape index (κ3) is 3.06. The Bertz CT molecular complexity index is 614. The minimum atomic E-state index is 0.00992. The zero-order valence-electron chi connectivity index (χ0n) is 10.3. The number of ether oxygens (including phenoxy) is 2. The second-order valence-corrected chi connectivity index (χ2v) is 4.66. The van der Waals surface area contributed by atoms with Gasteiger partial charge in [-0.15, -0.1) is 0 Å². The van der Waals surface area contributed by atoms with Gasteiger partial charge >= 0.3 is 0 Å². The van der Waals surface area contributed by atoms with E-state index in [4.69, 9.17) is 20.6 Å². The molecule has 2 aromatic carbocycles. The fraction of sp³-hybridized carbons (Fsp3) is 0.0714. The van der Waals surface area contributed by atoms with Crippen LogP contribution in [0.25, 0.3) is 0 Å². The summed E-state index contributed by atoms with van der Waals surface area (Å²) in [7, 11) is 1.59. The molecule has 0 aromatic heterocycles. The topological polar surface area (TPSA) is 68.3 Å². The van der Waals surface area contributed by atoms with Crippen LogP contribution in [0.2, 0.25) is 0 Å². The molecule has 0 aliphatic heterocycles. The molecule has 0 fully saturated rings. The quantitative estimate of drug-likeness (QED) is 0.668. The van der Waals surface area contributed by atoms with E-state index in [2.05, 4.69) is 15.9 Å². The normalized spacial score (nSPS) is 10.0. The molecule has 0 unspecified atom stereocenters. The Balaban J connectivity index is 2.29. The third-order valence-corrected chi connectivity index (χ3v) is 3.18. The monoisotopic (exact) mass is 320 g/mol. The minimum absolute atomic E-state index is 0.00992. The second kappa shape index (κ2) is 5.75. The first kappa shape index (κ1) is 13.4. The highest BCUT2D eigenvalue weighted by molar-refractivity contribution is 9.10. The van der Waals surface area contributed by atoms with Gasteiger partial charge in [-0.3, -0.25) is 5.41 Å². The highest BCUT2D eigenvalue weighted by Gasteiger charge is 2.08. The summed E-state index contributed by atoms with van der Waals surface area (Å²) in [5.41, 5.74) is 6.09. The van der Waals surface area contributed by atoms with Crippen molar-refractivity contribution in [2.24, 2.45) is 5.73 Å². The first-order valence-electron chi connectivity index (χ1n) is 5.56. The van der Waals surface area contributed by atoms with Gasteiger partial charge in [0.1, 0.15) is 11.6 Å². The van der Waals surface area contributed by atoms with E-state index in [0.29, 0.717) is 27.3 Å². The molecular formula is C14H13BrN2O2. The van der Waals surface area contributed by atoms with E-state index < -0.39 is 0 Å². The molecule has 0 heterocycles. The van der Waals surface area contributed by atoms with Crippen LogP contribution in [0, 0.1) is 5.41 Å². The minimum Gasteiger partial charge on any atom is -0.493 e. The van der Waals surface area contributed by atoms with E-state index in [9.17, 15) is 0 Å². The molecule has 19 heavy (non-hydrogen) atoms. The van der Waals surface area contributed by atoms with Gasteiger partial charge in [-0.25, -0.2) is 0 Å². The van der Waals surface area contributed by atoms with Gasteiger partial charge in [-0.05, 0) is 46.3 Å². The predicted octanol–water partition coefficient (Wildman–Crippen LogP) is 3.53. The smallest absolute Gasteiger partial charge is 0.169 e. The lowest BCUT2D eigenvalue weighted by Crippen LogP contribution is -2.11. The van der Waals surface area contributed by atoms with Gasteiger partial charge in [-0.1, -0.05) is 12.1 Å². The number of rotatable bonds is 4. The van der Waals surface area contributed by atoms with Crippen molar-refractivity contribution >= 4 is 21.8 Å². The molecule has 0 aliphatic rings. The van der Waals surface area contributed by atoms with Crippen LogP contribution in [0.1, 0.15) is 5.56 Å². The molecule has 0 saturated carbocycles. The fourth-order valence-corrected chi connectivity index (χ4v) is 2.18. The fourth-order valence-electron chi connectivity index (χ4n) is 1.61.